The van der Waals surface area contributed by atoms with E-state index in [2.05, 4.69) is 29.6 Å². The summed E-state index contributed by atoms with van der Waals surface area (Å²) in [4.78, 5) is 39.4. The molecule has 4 rings (SSSR count). The van der Waals surface area contributed by atoms with Crippen LogP contribution < -0.4 is 5.32 Å². The van der Waals surface area contributed by atoms with Gasteiger partial charge in [0.15, 0.2) is 0 Å². The molecule has 0 aromatic heterocycles. The molecule has 2 aromatic carbocycles. The largest absolute Gasteiger partial charge is 0.480 e. The number of nitrogens with zero attached hydrogens (tertiary/aromatic N) is 1. The van der Waals surface area contributed by atoms with Gasteiger partial charge in [-0.1, -0.05) is 62.4 Å². The fourth-order valence-electron chi connectivity index (χ4n) is 5.30. The Kier molecular flexibility index (Phi) is 7.12. The third-order valence-electron chi connectivity index (χ3n) is 7.04. The van der Waals surface area contributed by atoms with Crippen molar-refractivity contribution in [3.8, 4) is 11.1 Å². The zero-order valence-electron chi connectivity index (χ0n) is 20.5. The highest BCUT2D eigenvalue weighted by Crippen LogP contribution is 2.44. The lowest BCUT2D eigenvalue weighted by Crippen LogP contribution is -2.57. The van der Waals surface area contributed by atoms with Crippen LogP contribution in [0.2, 0.25) is 0 Å². The van der Waals surface area contributed by atoms with Crippen molar-refractivity contribution in [1.82, 2.24) is 10.2 Å². The minimum atomic E-state index is -1.02. The first-order valence-electron chi connectivity index (χ1n) is 11.9. The second-order valence-electron chi connectivity index (χ2n) is 10.0. The lowest BCUT2D eigenvalue weighted by Gasteiger charge is -2.39. The summed E-state index contributed by atoms with van der Waals surface area (Å²) in [5, 5.41) is 12.4. The summed E-state index contributed by atoms with van der Waals surface area (Å²) in [7, 11) is 0. The second-order valence-corrected chi connectivity index (χ2v) is 11.0. The van der Waals surface area contributed by atoms with E-state index < -0.39 is 29.6 Å². The average Bonchev–Trinajstić information content (AvgIpc) is 3.44. The Hall–Kier alpha value is -3.00. The maximum atomic E-state index is 13.4. The molecule has 1 saturated heterocycles. The number of alkyl carbamates (subject to hydrolysis) is 1. The smallest absolute Gasteiger partial charge is 0.407 e. The molecule has 0 bridgehead atoms. The van der Waals surface area contributed by atoms with E-state index in [-0.39, 0.29) is 24.3 Å². The molecule has 1 unspecified atom stereocenters. The van der Waals surface area contributed by atoms with Crippen LogP contribution in [0.5, 0.6) is 0 Å². The average molecular weight is 497 g/mol. The molecule has 2 aliphatic rings. The Bertz CT molecular complexity index is 1090. The van der Waals surface area contributed by atoms with Crippen LogP contribution in [0.15, 0.2) is 48.5 Å². The molecular formula is C27H32N2O5S. The van der Waals surface area contributed by atoms with Gasteiger partial charge in [-0.2, -0.15) is 0 Å². The molecule has 0 radical (unpaired) electrons. The van der Waals surface area contributed by atoms with Gasteiger partial charge in [-0.15, -0.1) is 11.8 Å². The van der Waals surface area contributed by atoms with Gasteiger partial charge in [0.25, 0.3) is 0 Å². The maximum Gasteiger partial charge on any atom is 0.407 e. The van der Waals surface area contributed by atoms with Crippen molar-refractivity contribution < 1.29 is 24.2 Å². The molecule has 8 heteroatoms. The Morgan fingerprint density at radius 3 is 2.20 bits per heavy atom. The van der Waals surface area contributed by atoms with Gasteiger partial charge in [-0.25, -0.2) is 9.59 Å². The normalized spacial score (nSPS) is 18.2. The minimum absolute atomic E-state index is 0.0572. The van der Waals surface area contributed by atoms with Crippen molar-refractivity contribution in [2.45, 2.75) is 45.7 Å². The molecule has 0 saturated carbocycles. The van der Waals surface area contributed by atoms with E-state index in [1.54, 1.807) is 13.8 Å². The van der Waals surface area contributed by atoms with Gasteiger partial charge in [0.05, 0.1) is 11.3 Å². The van der Waals surface area contributed by atoms with E-state index in [9.17, 15) is 19.5 Å². The van der Waals surface area contributed by atoms with Gasteiger partial charge in [-0.3, -0.25) is 4.79 Å². The second kappa shape index (κ2) is 9.93. The van der Waals surface area contributed by atoms with Crippen LogP contribution in [0.4, 0.5) is 4.79 Å². The molecule has 2 atom stereocenters. The van der Waals surface area contributed by atoms with E-state index in [1.807, 2.05) is 38.1 Å². The number of thioether (sulfide) groups is 1. The topological polar surface area (TPSA) is 95.9 Å². The van der Waals surface area contributed by atoms with E-state index in [0.29, 0.717) is 11.6 Å². The standard InChI is InChI=1S/C27H32N2O5S/c1-16(2)23(27(3,4)25(32)29-15-35-14-22(29)24(30)31)28-26(33)34-13-21-19-11-7-5-9-17(19)18-10-6-8-12-20(18)21/h5-12,16,21-23H,13-15H2,1-4H3,(H,28,33)(H,30,31)/t22-,23?/m0/s1. The molecule has 1 aliphatic carbocycles. The molecule has 0 spiro atoms. The lowest BCUT2D eigenvalue weighted by atomic mass is 9.77. The van der Waals surface area contributed by atoms with Crippen LogP contribution in [0.1, 0.15) is 44.7 Å². The zero-order chi connectivity index (χ0) is 25.3. The highest BCUT2D eigenvalue weighted by Gasteiger charge is 2.46. The van der Waals surface area contributed by atoms with E-state index in [1.165, 1.54) is 16.7 Å². The number of carbonyl (C=O) groups is 3. The van der Waals surface area contributed by atoms with Crippen molar-refractivity contribution in [1.29, 1.82) is 0 Å². The highest BCUT2D eigenvalue weighted by molar-refractivity contribution is 7.99. The van der Waals surface area contributed by atoms with Crippen molar-refractivity contribution in [2.75, 3.05) is 18.2 Å². The molecule has 1 fully saturated rings. The molecule has 1 heterocycles. The molecule has 186 valence electrons. The summed E-state index contributed by atoms with van der Waals surface area (Å²) in [5.41, 5.74) is 3.55. The van der Waals surface area contributed by atoms with Gasteiger partial charge < -0.3 is 20.1 Å². The van der Waals surface area contributed by atoms with Gasteiger partial charge >= 0.3 is 12.1 Å². The van der Waals surface area contributed by atoms with Crippen LogP contribution >= 0.6 is 11.8 Å². The zero-order valence-corrected chi connectivity index (χ0v) is 21.3. The Labute approximate surface area is 210 Å². The molecule has 7 nitrogen and oxygen atoms in total. The van der Waals surface area contributed by atoms with Crippen molar-refractivity contribution in [3.05, 3.63) is 59.7 Å². The van der Waals surface area contributed by atoms with Gasteiger partial charge in [0.2, 0.25) is 5.91 Å². The number of carbonyl (C=O) groups excluding carboxylic acids is 2. The Morgan fingerprint density at radius 2 is 1.66 bits per heavy atom. The number of ether oxygens (including phenoxy) is 1. The minimum Gasteiger partial charge on any atom is -0.480 e. The predicted octanol–water partition coefficient (Wildman–Crippen LogP) is 4.56. The van der Waals surface area contributed by atoms with E-state index in [0.717, 1.165) is 22.3 Å². The Balaban J connectivity index is 1.46. The summed E-state index contributed by atoms with van der Waals surface area (Å²) in [6.45, 7) is 7.55. The van der Waals surface area contributed by atoms with Crippen molar-refractivity contribution in [2.24, 2.45) is 11.3 Å². The first kappa shape index (κ1) is 25.1. The lowest BCUT2D eigenvalue weighted by molar-refractivity contribution is -0.153. The van der Waals surface area contributed by atoms with Gasteiger partial charge in [0, 0.05) is 17.7 Å². The predicted molar refractivity (Wildman–Crippen MR) is 136 cm³/mol. The summed E-state index contributed by atoms with van der Waals surface area (Å²) in [6.07, 6.45) is -0.586. The molecule has 1 aliphatic heterocycles. The summed E-state index contributed by atoms with van der Waals surface area (Å²) in [6, 6.07) is 14.9. The van der Waals surface area contributed by atoms with Crippen LogP contribution in [0, 0.1) is 11.3 Å². The molecule has 2 amide bonds. The van der Waals surface area contributed by atoms with Gasteiger partial charge in [0.1, 0.15) is 12.6 Å². The fourth-order valence-corrected chi connectivity index (χ4v) is 6.44. The highest BCUT2D eigenvalue weighted by atomic mass is 32.2. The third kappa shape index (κ3) is 4.76. The van der Waals surface area contributed by atoms with E-state index in [4.69, 9.17) is 4.74 Å². The van der Waals surface area contributed by atoms with Crippen LogP contribution in [0.25, 0.3) is 11.1 Å². The summed E-state index contributed by atoms with van der Waals surface area (Å²) < 4.78 is 5.71. The van der Waals surface area contributed by atoms with Crippen LogP contribution in [-0.2, 0) is 14.3 Å². The maximum absolute atomic E-state index is 13.4. The number of carboxylic acid groups (broad SMARTS) is 1. The van der Waals surface area contributed by atoms with E-state index >= 15 is 0 Å². The monoisotopic (exact) mass is 496 g/mol. The van der Waals surface area contributed by atoms with Crippen molar-refractivity contribution in [3.63, 3.8) is 0 Å². The number of hydrogen-bond donors (Lipinski definition) is 2. The first-order valence-corrected chi connectivity index (χ1v) is 13.0. The number of carboxylic acids is 1. The SMILES string of the molecule is CC(C)C(NC(=O)OCC1c2ccccc2-c2ccccc21)C(C)(C)C(=O)N1CSC[C@H]1C(=O)O. The number of amides is 2. The van der Waals surface area contributed by atoms with Crippen molar-refractivity contribution >= 4 is 29.7 Å². The third-order valence-corrected chi connectivity index (χ3v) is 8.05. The number of nitrogens with one attached hydrogen (secondary N) is 1. The number of fused-ring (bicyclic) bond motifs is 3. The van der Waals surface area contributed by atoms with Crippen LogP contribution in [0.3, 0.4) is 0 Å². The quantitative estimate of drug-likeness (QED) is 0.583. The molecule has 2 N–H and O–H groups in total. The fraction of sp³-hybridized carbons (Fsp3) is 0.444. The number of benzene rings is 2. The number of aliphatic carboxylic acids is 1. The molecule has 35 heavy (non-hydrogen) atoms. The first-order chi connectivity index (χ1) is 16.6. The van der Waals surface area contributed by atoms with Crippen LogP contribution in [-0.4, -0.2) is 58.3 Å². The molecular weight excluding hydrogens is 464 g/mol. The summed E-state index contributed by atoms with van der Waals surface area (Å²) >= 11 is 1.42. The number of rotatable bonds is 7. The van der Waals surface area contributed by atoms with Gasteiger partial charge in [-0.05, 0) is 42.0 Å². The number of hydrogen-bond acceptors (Lipinski definition) is 5. The Morgan fingerprint density at radius 1 is 1.09 bits per heavy atom. The summed E-state index contributed by atoms with van der Waals surface area (Å²) in [5.74, 6) is -0.735. The molecule has 2 aromatic rings.